The lowest BCUT2D eigenvalue weighted by Gasteiger charge is -2.04. The van der Waals surface area contributed by atoms with Crippen LogP contribution < -0.4 is 0 Å². The molecule has 90 valence electrons. The molecule has 1 unspecified atom stereocenters. The minimum absolute atomic E-state index is 0.773. The van der Waals surface area contributed by atoms with E-state index in [4.69, 9.17) is 0 Å². The lowest BCUT2D eigenvalue weighted by atomic mass is 10.3. The molecule has 1 aromatic carbocycles. The van der Waals surface area contributed by atoms with Crippen LogP contribution in [0.15, 0.2) is 64.4 Å². The third-order valence-corrected chi connectivity index (χ3v) is 4.64. The van der Waals surface area contributed by atoms with Gasteiger partial charge in [0.05, 0.1) is 16.6 Å². The zero-order valence-electron chi connectivity index (χ0n) is 9.29. The molecule has 0 amide bonds. The van der Waals surface area contributed by atoms with Crippen LogP contribution in [0, 0.1) is 0 Å². The van der Waals surface area contributed by atoms with Gasteiger partial charge in [0, 0.05) is 22.3 Å². The second kappa shape index (κ2) is 4.66. The van der Waals surface area contributed by atoms with Gasteiger partial charge in [0.2, 0.25) is 0 Å². The SMILES string of the molecule is O=S(c1ccccc1)n1ccc2c(Br)cncc21. The van der Waals surface area contributed by atoms with Gasteiger partial charge in [-0.1, -0.05) is 18.2 Å². The van der Waals surface area contributed by atoms with E-state index in [-0.39, 0.29) is 0 Å². The fraction of sp³-hybridized carbons (Fsp3) is 0. The Morgan fingerprint density at radius 1 is 1.11 bits per heavy atom. The lowest BCUT2D eigenvalue weighted by molar-refractivity contribution is 0.678. The standard InChI is InChI=1S/C13H9BrN2OS/c14-12-8-15-9-13-11(12)6-7-16(13)18(17)10-4-2-1-3-5-10/h1-9H. The maximum absolute atomic E-state index is 12.5. The molecule has 0 saturated carbocycles. The van der Waals surface area contributed by atoms with E-state index in [1.54, 1.807) is 16.4 Å². The van der Waals surface area contributed by atoms with Gasteiger partial charge in [-0.05, 0) is 34.1 Å². The number of pyridine rings is 1. The first-order valence-electron chi connectivity index (χ1n) is 5.35. The van der Waals surface area contributed by atoms with Gasteiger partial charge in [0.1, 0.15) is 0 Å². The molecule has 2 heterocycles. The second-order valence-electron chi connectivity index (χ2n) is 3.76. The summed E-state index contributed by atoms with van der Waals surface area (Å²) in [7, 11) is -1.24. The molecule has 3 rings (SSSR count). The molecular weight excluding hydrogens is 312 g/mol. The van der Waals surface area contributed by atoms with Gasteiger partial charge in [-0.15, -0.1) is 0 Å². The molecule has 3 nitrogen and oxygen atoms in total. The summed E-state index contributed by atoms with van der Waals surface area (Å²) in [5.41, 5.74) is 0.853. The molecule has 0 fully saturated rings. The fourth-order valence-electron chi connectivity index (χ4n) is 1.79. The zero-order chi connectivity index (χ0) is 12.5. The summed E-state index contributed by atoms with van der Waals surface area (Å²) >= 11 is 3.44. The van der Waals surface area contributed by atoms with Crippen molar-refractivity contribution >= 4 is 37.8 Å². The van der Waals surface area contributed by atoms with Crippen molar-refractivity contribution in [3.05, 3.63) is 59.5 Å². The summed E-state index contributed by atoms with van der Waals surface area (Å²) in [6, 6.07) is 11.3. The highest BCUT2D eigenvalue weighted by Crippen LogP contribution is 2.25. The number of nitrogens with zero attached hydrogens (tertiary/aromatic N) is 2. The third kappa shape index (κ3) is 1.89. The minimum atomic E-state index is -1.24. The molecule has 1 atom stereocenters. The van der Waals surface area contributed by atoms with Crippen molar-refractivity contribution in [2.45, 2.75) is 4.90 Å². The van der Waals surface area contributed by atoms with Gasteiger partial charge in [0.25, 0.3) is 0 Å². The summed E-state index contributed by atoms with van der Waals surface area (Å²) in [4.78, 5) is 4.89. The number of aromatic nitrogens is 2. The Labute approximate surface area is 115 Å². The van der Waals surface area contributed by atoms with Crippen molar-refractivity contribution in [2.24, 2.45) is 0 Å². The maximum atomic E-state index is 12.5. The monoisotopic (exact) mass is 320 g/mol. The molecule has 0 bridgehead atoms. The molecule has 0 saturated heterocycles. The van der Waals surface area contributed by atoms with Crippen LogP contribution in [0.4, 0.5) is 0 Å². The van der Waals surface area contributed by atoms with E-state index in [9.17, 15) is 4.21 Å². The third-order valence-electron chi connectivity index (χ3n) is 2.66. The predicted molar refractivity (Wildman–Crippen MR) is 75.7 cm³/mol. The molecule has 0 aliphatic carbocycles. The number of rotatable bonds is 2. The normalized spacial score (nSPS) is 12.7. The van der Waals surface area contributed by atoms with E-state index < -0.39 is 11.0 Å². The van der Waals surface area contributed by atoms with E-state index in [0.717, 1.165) is 20.3 Å². The summed E-state index contributed by atoms with van der Waals surface area (Å²) in [6.45, 7) is 0. The van der Waals surface area contributed by atoms with Crippen LogP contribution in [0.3, 0.4) is 0 Å². The highest BCUT2D eigenvalue weighted by atomic mass is 79.9. The van der Waals surface area contributed by atoms with Gasteiger partial charge in [0.15, 0.2) is 11.0 Å². The van der Waals surface area contributed by atoms with Crippen LogP contribution in [0.25, 0.3) is 10.9 Å². The molecule has 0 N–H and O–H groups in total. The average molecular weight is 321 g/mol. The van der Waals surface area contributed by atoms with Crippen LogP contribution in [-0.2, 0) is 11.0 Å². The highest BCUT2D eigenvalue weighted by Gasteiger charge is 2.10. The molecule has 18 heavy (non-hydrogen) atoms. The Hall–Kier alpha value is -1.46. The molecule has 0 radical (unpaired) electrons. The van der Waals surface area contributed by atoms with Gasteiger partial charge in [-0.25, -0.2) is 4.21 Å². The number of halogens is 1. The lowest BCUT2D eigenvalue weighted by Crippen LogP contribution is -2.03. The Balaban J connectivity index is 2.16. The van der Waals surface area contributed by atoms with Gasteiger partial charge in [-0.3, -0.25) is 8.96 Å². The Morgan fingerprint density at radius 3 is 2.67 bits per heavy atom. The first-order valence-corrected chi connectivity index (χ1v) is 7.25. The van der Waals surface area contributed by atoms with E-state index in [0.29, 0.717) is 0 Å². The molecule has 2 aromatic heterocycles. The van der Waals surface area contributed by atoms with E-state index in [1.807, 2.05) is 42.6 Å². The number of fused-ring (bicyclic) bond motifs is 1. The van der Waals surface area contributed by atoms with Crippen LogP contribution in [0.1, 0.15) is 0 Å². The van der Waals surface area contributed by atoms with E-state index >= 15 is 0 Å². The zero-order valence-corrected chi connectivity index (χ0v) is 11.7. The molecule has 5 heteroatoms. The Bertz CT molecular complexity index is 724. The molecule has 0 aliphatic rings. The smallest absolute Gasteiger partial charge is 0.157 e. The number of benzene rings is 1. The minimum Gasteiger partial charge on any atom is -0.261 e. The van der Waals surface area contributed by atoms with Gasteiger partial charge >= 0.3 is 0 Å². The quantitative estimate of drug-likeness (QED) is 0.725. The van der Waals surface area contributed by atoms with E-state index in [2.05, 4.69) is 20.9 Å². The van der Waals surface area contributed by atoms with Crippen molar-refractivity contribution in [1.29, 1.82) is 0 Å². The molecule has 3 aromatic rings. The van der Waals surface area contributed by atoms with Crippen molar-refractivity contribution in [1.82, 2.24) is 8.96 Å². The summed E-state index contributed by atoms with van der Waals surface area (Å²) in [6.07, 6.45) is 5.28. The van der Waals surface area contributed by atoms with Crippen molar-refractivity contribution in [2.75, 3.05) is 0 Å². The summed E-state index contributed by atoms with van der Waals surface area (Å²) < 4.78 is 15.1. The molecule has 0 aliphatic heterocycles. The van der Waals surface area contributed by atoms with Crippen molar-refractivity contribution in [3.8, 4) is 0 Å². The van der Waals surface area contributed by atoms with Crippen molar-refractivity contribution in [3.63, 3.8) is 0 Å². The highest BCUT2D eigenvalue weighted by molar-refractivity contribution is 9.10. The summed E-state index contributed by atoms with van der Waals surface area (Å²) in [5.74, 6) is 0. The van der Waals surface area contributed by atoms with Gasteiger partial charge < -0.3 is 0 Å². The molecule has 0 spiro atoms. The van der Waals surface area contributed by atoms with Gasteiger partial charge in [-0.2, -0.15) is 0 Å². The van der Waals surface area contributed by atoms with Crippen molar-refractivity contribution < 1.29 is 4.21 Å². The van der Waals surface area contributed by atoms with Crippen LogP contribution in [0.2, 0.25) is 0 Å². The topological polar surface area (TPSA) is 34.9 Å². The Kier molecular flexibility index (Phi) is 3.01. The first kappa shape index (κ1) is 11.6. The second-order valence-corrected chi connectivity index (χ2v) is 5.98. The first-order chi connectivity index (χ1) is 8.77. The predicted octanol–water partition coefficient (Wildman–Crippen LogP) is 3.37. The van der Waals surface area contributed by atoms with E-state index in [1.165, 1.54) is 0 Å². The molecular formula is C13H9BrN2OS. The maximum Gasteiger partial charge on any atom is 0.157 e. The number of hydrogen-bond donors (Lipinski definition) is 0. The fourth-order valence-corrected chi connectivity index (χ4v) is 3.36. The van der Waals surface area contributed by atoms with Crippen LogP contribution in [0.5, 0.6) is 0 Å². The summed E-state index contributed by atoms with van der Waals surface area (Å²) in [5, 5.41) is 1.01. The van der Waals surface area contributed by atoms with Crippen LogP contribution in [-0.4, -0.2) is 13.2 Å². The largest absolute Gasteiger partial charge is 0.261 e. The average Bonchev–Trinajstić information content (AvgIpc) is 2.84. The van der Waals surface area contributed by atoms with Crippen LogP contribution >= 0.6 is 15.9 Å². The Morgan fingerprint density at radius 2 is 1.89 bits per heavy atom. The number of hydrogen-bond acceptors (Lipinski definition) is 2.